The molecule has 3 aromatic carbocycles. The Morgan fingerprint density at radius 3 is 2.74 bits per heavy atom. The van der Waals surface area contributed by atoms with Gasteiger partial charge in [-0.25, -0.2) is 27.8 Å². The van der Waals surface area contributed by atoms with Crippen LogP contribution in [0.2, 0.25) is 5.02 Å². The molecule has 43 heavy (non-hydrogen) atoms. The lowest BCUT2D eigenvalue weighted by molar-refractivity contribution is -0.126. The maximum absolute atomic E-state index is 13.5. The van der Waals surface area contributed by atoms with Crippen LogP contribution in [0.3, 0.4) is 0 Å². The van der Waals surface area contributed by atoms with Gasteiger partial charge in [0.05, 0.1) is 28.5 Å². The summed E-state index contributed by atoms with van der Waals surface area (Å²) < 4.78 is 42.3. The summed E-state index contributed by atoms with van der Waals surface area (Å²) in [7, 11) is -3.24. The Balaban J connectivity index is 1.30. The molecule has 0 aliphatic carbocycles. The Labute approximate surface area is 252 Å². The van der Waals surface area contributed by atoms with Crippen molar-refractivity contribution in [3.05, 3.63) is 95.3 Å². The molecule has 1 N–H and O–H groups in total. The molecule has 222 valence electrons. The molecule has 0 saturated heterocycles. The van der Waals surface area contributed by atoms with Crippen molar-refractivity contribution < 1.29 is 22.3 Å². The predicted octanol–water partition coefficient (Wildman–Crippen LogP) is 5.67. The second-order valence-corrected chi connectivity index (χ2v) is 12.5. The van der Waals surface area contributed by atoms with E-state index in [-0.39, 0.29) is 37.2 Å². The fraction of sp³-hybridized carbons (Fsp3) is 0.207. The maximum atomic E-state index is 13.5. The Kier molecular flexibility index (Phi) is 8.83. The van der Waals surface area contributed by atoms with Crippen LogP contribution >= 0.6 is 11.6 Å². The smallest absolute Gasteiger partial charge is 0.223 e. The minimum absolute atomic E-state index is 0.0274. The number of benzene rings is 3. The number of hydrogen-bond acceptors (Lipinski definition) is 10. The highest BCUT2D eigenvalue weighted by atomic mass is 35.5. The first-order chi connectivity index (χ1) is 20.5. The van der Waals surface area contributed by atoms with Gasteiger partial charge in [-0.3, -0.25) is 4.79 Å². The fourth-order valence-corrected chi connectivity index (χ4v) is 4.98. The lowest BCUT2D eigenvalue weighted by Gasteiger charge is -2.17. The zero-order valence-corrected chi connectivity index (χ0v) is 24.8. The molecule has 0 fully saturated rings. The summed E-state index contributed by atoms with van der Waals surface area (Å²) in [5, 5.41) is 14.4. The Morgan fingerprint density at radius 1 is 1.16 bits per heavy atom. The zero-order valence-electron chi connectivity index (χ0n) is 23.2. The first-order valence-electron chi connectivity index (χ1n) is 13.1. The molecule has 0 radical (unpaired) electrons. The standard InChI is InChI=1S/C29H27ClFN7O4S/c1-19(39)37(10-11-43(2,40)41)15-23-16-38(36-35-23)24-7-8-27-25(14-24)29(33-18-32-27)34-22-6-9-28(26(30)13-22)42-17-20-4-3-5-21(31)12-20/h3-9,12-15,18H,10-11,16-17H2,1-2H3,(H,32,33,34)/b23-15+. The zero-order chi connectivity index (χ0) is 30.6. The lowest BCUT2D eigenvalue weighted by Crippen LogP contribution is -2.29. The minimum Gasteiger partial charge on any atom is -0.487 e. The fourth-order valence-electron chi connectivity index (χ4n) is 4.22. The number of amides is 1. The van der Waals surface area contributed by atoms with E-state index in [0.29, 0.717) is 50.1 Å². The molecule has 4 aromatic rings. The van der Waals surface area contributed by atoms with Gasteiger partial charge >= 0.3 is 0 Å². The summed E-state index contributed by atoms with van der Waals surface area (Å²) in [6.07, 6.45) is 4.09. The second kappa shape index (κ2) is 12.7. The van der Waals surface area contributed by atoms with Crippen molar-refractivity contribution in [3.63, 3.8) is 0 Å². The van der Waals surface area contributed by atoms with Crippen molar-refractivity contribution in [2.75, 3.05) is 35.4 Å². The van der Waals surface area contributed by atoms with Crippen molar-refractivity contribution in [1.29, 1.82) is 0 Å². The van der Waals surface area contributed by atoms with E-state index in [2.05, 4.69) is 25.6 Å². The van der Waals surface area contributed by atoms with Crippen LogP contribution in [0.1, 0.15) is 12.5 Å². The molecular weight excluding hydrogens is 597 g/mol. The van der Waals surface area contributed by atoms with E-state index < -0.39 is 9.84 Å². The highest BCUT2D eigenvalue weighted by Gasteiger charge is 2.19. The quantitative estimate of drug-likeness (QED) is 0.239. The lowest BCUT2D eigenvalue weighted by atomic mass is 10.2. The van der Waals surface area contributed by atoms with Gasteiger partial charge in [-0.15, -0.1) is 5.11 Å². The third-order valence-electron chi connectivity index (χ3n) is 6.40. The number of carbonyl (C=O) groups excluding carboxylic acids is 1. The highest BCUT2D eigenvalue weighted by molar-refractivity contribution is 7.90. The summed E-state index contributed by atoms with van der Waals surface area (Å²) in [5.41, 5.74) is 3.25. The summed E-state index contributed by atoms with van der Waals surface area (Å²) in [4.78, 5) is 22.1. The molecule has 1 aliphatic heterocycles. The molecule has 2 heterocycles. The van der Waals surface area contributed by atoms with Crippen LogP contribution in [-0.2, 0) is 21.2 Å². The summed E-state index contributed by atoms with van der Waals surface area (Å²) in [6.45, 7) is 1.83. The van der Waals surface area contributed by atoms with Gasteiger partial charge in [-0.05, 0) is 54.1 Å². The van der Waals surface area contributed by atoms with Gasteiger partial charge < -0.3 is 15.0 Å². The number of sulfone groups is 1. The number of rotatable bonds is 10. The summed E-state index contributed by atoms with van der Waals surface area (Å²) in [6, 6.07) is 16.9. The van der Waals surface area contributed by atoms with E-state index in [9.17, 15) is 17.6 Å². The molecule has 11 nitrogen and oxygen atoms in total. The van der Waals surface area contributed by atoms with E-state index in [1.54, 1.807) is 35.3 Å². The van der Waals surface area contributed by atoms with Crippen molar-refractivity contribution in [2.45, 2.75) is 13.5 Å². The maximum Gasteiger partial charge on any atom is 0.223 e. The molecule has 1 aliphatic rings. The average Bonchev–Trinajstić information content (AvgIpc) is 3.43. The van der Waals surface area contributed by atoms with Crippen LogP contribution in [0, 0.1) is 5.82 Å². The third-order valence-corrected chi connectivity index (χ3v) is 7.62. The number of aromatic nitrogens is 2. The average molecular weight is 624 g/mol. The van der Waals surface area contributed by atoms with Crippen LogP contribution in [0.25, 0.3) is 10.9 Å². The molecule has 0 atom stereocenters. The Bertz CT molecular complexity index is 1850. The van der Waals surface area contributed by atoms with Crippen molar-refractivity contribution in [3.8, 4) is 5.75 Å². The molecular formula is C29H27ClFN7O4S. The molecule has 1 aromatic heterocycles. The van der Waals surface area contributed by atoms with Gasteiger partial charge in [0.1, 0.15) is 45.9 Å². The number of carbonyl (C=O) groups is 1. The number of anilines is 3. The van der Waals surface area contributed by atoms with Crippen LogP contribution in [0.4, 0.5) is 21.6 Å². The van der Waals surface area contributed by atoms with Crippen LogP contribution in [-0.4, -0.2) is 54.3 Å². The Hall–Kier alpha value is -4.62. The summed E-state index contributed by atoms with van der Waals surface area (Å²) in [5.74, 6) is 0.196. The van der Waals surface area contributed by atoms with Crippen LogP contribution in [0.5, 0.6) is 5.75 Å². The van der Waals surface area contributed by atoms with E-state index in [4.69, 9.17) is 16.3 Å². The number of ether oxygens (including phenoxy) is 1. The molecule has 14 heteroatoms. The summed E-state index contributed by atoms with van der Waals surface area (Å²) >= 11 is 6.47. The number of fused-ring (bicyclic) bond motifs is 1. The van der Waals surface area contributed by atoms with Crippen LogP contribution < -0.4 is 15.1 Å². The van der Waals surface area contributed by atoms with Gasteiger partial charge in [0, 0.05) is 37.0 Å². The molecule has 0 spiro atoms. The Morgan fingerprint density at radius 2 is 2.00 bits per heavy atom. The van der Waals surface area contributed by atoms with Crippen LogP contribution in [0.15, 0.2) is 89.2 Å². The van der Waals surface area contributed by atoms with E-state index in [0.717, 1.165) is 6.26 Å². The monoisotopic (exact) mass is 623 g/mol. The number of halogens is 2. The topological polar surface area (TPSA) is 129 Å². The van der Waals surface area contributed by atoms with E-state index in [1.165, 1.54) is 36.5 Å². The van der Waals surface area contributed by atoms with Gasteiger partial charge in [0.2, 0.25) is 5.91 Å². The molecule has 0 bridgehead atoms. The van der Waals surface area contributed by atoms with Crippen molar-refractivity contribution in [2.24, 2.45) is 10.3 Å². The first kappa shape index (κ1) is 29.9. The SMILES string of the molecule is CC(=O)N(/C=C1\CN(c2ccc3ncnc(Nc4ccc(OCc5cccc(F)c5)c(Cl)c4)c3c2)N=N1)CCS(C)(=O)=O. The number of hydrogen-bond donors (Lipinski definition) is 1. The highest BCUT2D eigenvalue weighted by Crippen LogP contribution is 2.33. The predicted molar refractivity (Wildman–Crippen MR) is 162 cm³/mol. The van der Waals surface area contributed by atoms with Gasteiger partial charge in [0.15, 0.2) is 0 Å². The number of nitrogens with zero attached hydrogens (tertiary/aromatic N) is 6. The second-order valence-electron chi connectivity index (χ2n) is 9.82. The molecule has 0 unspecified atom stereocenters. The van der Waals surface area contributed by atoms with Gasteiger partial charge in [-0.2, -0.15) is 0 Å². The molecule has 5 rings (SSSR count). The molecule has 1 amide bonds. The van der Waals surface area contributed by atoms with Crippen molar-refractivity contribution in [1.82, 2.24) is 14.9 Å². The number of nitrogens with one attached hydrogen (secondary N) is 1. The van der Waals surface area contributed by atoms with Gasteiger partial charge in [-0.1, -0.05) is 29.0 Å². The van der Waals surface area contributed by atoms with E-state index in [1.807, 2.05) is 18.2 Å². The normalized spacial score (nSPS) is 14.0. The first-order valence-corrected chi connectivity index (χ1v) is 15.5. The van der Waals surface area contributed by atoms with Crippen molar-refractivity contribution >= 4 is 55.4 Å². The van der Waals surface area contributed by atoms with E-state index >= 15 is 0 Å². The van der Waals surface area contributed by atoms with Gasteiger partial charge in [0.25, 0.3) is 0 Å². The molecule has 0 saturated carbocycles. The third kappa shape index (κ3) is 7.81. The minimum atomic E-state index is -3.24. The largest absolute Gasteiger partial charge is 0.487 e.